The van der Waals surface area contributed by atoms with Gasteiger partial charge in [-0.05, 0) is 46.3 Å². The Morgan fingerprint density at radius 1 is 1.12 bits per heavy atom. The van der Waals surface area contributed by atoms with Crippen molar-refractivity contribution in [2.75, 3.05) is 32.8 Å². The molecule has 0 saturated carbocycles. The fourth-order valence-electron chi connectivity index (χ4n) is 3.08. The first-order chi connectivity index (χ1) is 11.5. The zero-order valence-corrected chi connectivity index (χ0v) is 14.8. The molecule has 6 heteroatoms. The molecule has 1 aromatic rings. The normalized spacial score (nSPS) is 17.3. The summed E-state index contributed by atoms with van der Waals surface area (Å²) in [6.45, 7) is 8.33. The molecular formula is C18H28F2N2O2. The van der Waals surface area contributed by atoms with Crippen LogP contribution in [-0.2, 0) is 6.54 Å². The van der Waals surface area contributed by atoms with Crippen molar-refractivity contribution < 1.29 is 18.3 Å². The predicted molar refractivity (Wildman–Crippen MR) is 90.8 cm³/mol. The van der Waals surface area contributed by atoms with Crippen LogP contribution in [0.25, 0.3) is 0 Å². The van der Waals surface area contributed by atoms with Gasteiger partial charge in [-0.3, -0.25) is 9.80 Å². The second-order valence-corrected chi connectivity index (χ2v) is 6.32. The zero-order valence-electron chi connectivity index (χ0n) is 14.8. The molecule has 136 valence electrons. The van der Waals surface area contributed by atoms with E-state index in [1.54, 1.807) is 6.07 Å². The highest BCUT2D eigenvalue weighted by Gasteiger charge is 2.20. The highest BCUT2D eigenvalue weighted by molar-refractivity contribution is 5.46. The third-order valence-electron chi connectivity index (χ3n) is 4.31. The number of alkyl halides is 2. The maximum atomic E-state index is 12.8. The van der Waals surface area contributed by atoms with Crippen LogP contribution in [0.15, 0.2) is 18.2 Å². The number of benzene rings is 1. The van der Waals surface area contributed by atoms with Crippen LogP contribution in [0.5, 0.6) is 11.5 Å². The van der Waals surface area contributed by atoms with Gasteiger partial charge in [-0.1, -0.05) is 12.1 Å². The number of para-hydroxylation sites is 1. The molecule has 4 nitrogen and oxygen atoms in total. The highest BCUT2D eigenvalue weighted by atomic mass is 19.3. The third kappa shape index (κ3) is 5.31. The van der Waals surface area contributed by atoms with E-state index in [9.17, 15) is 8.78 Å². The minimum atomic E-state index is -2.86. The second-order valence-electron chi connectivity index (χ2n) is 6.32. The van der Waals surface area contributed by atoms with Gasteiger partial charge >= 0.3 is 6.61 Å². The Balaban J connectivity index is 2.11. The summed E-state index contributed by atoms with van der Waals surface area (Å²) in [6, 6.07) is 5.87. The number of nitrogens with zero attached hydrogens (tertiary/aromatic N) is 2. The molecule has 0 atom stereocenters. The van der Waals surface area contributed by atoms with Gasteiger partial charge in [0, 0.05) is 31.2 Å². The number of hydrogen-bond donors (Lipinski definition) is 0. The van der Waals surface area contributed by atoms with Crippen molar-refractivity contribution in [3.8, 4) is 11.5 Å². The van der Waals surface area contributed by atoms with Gasteiger partial charge in [-0.15, -0.1) is 0 Å². The Morgan fingerprint density at radius 3 is 2.58 bits per heavy atom. The minimum Gasteiger partial charge on any atom is -0.490 e. The lowest BCUT2D eigenvalue weighted by Gasteiger charge is -2.25. The largest absolute Gasteiger partial charge is 0.490 e. The van der Waals surface area contributed by atoms with E-state index in [-0.39, 0.29) is 5.75 Å². The molecule has 0 spiro atoms. The van der Waals surface area contributed by atoms with E-state index in [2.05, 4.69) is 23.6 Å². The van der Waals surface area contributed by atoms with Crippen LogP contribution < -0.4 is 9.47 Å². The summed E-state index contributed by atoms with van der Waals surface area (Å²) >= 11 is 0. The Kier molecular flexibility index (Phi) is 7.24. The van der Waals surface area contributed by atoms with Gasteiger partial charge in [-0.25, -0.2) is 0 Å². The molecule has 0 unspecified atom stereocenters. The quantitative estimate of drug-likeness (QED) is 0.756. The van der Waals surface area contributed by atoms with Crippen molar-refractivity contribution in [2.45, 2.75) is 46.4 Å². The lowest BCUT2D eigenvalue weighted by atomic mass is 10.1. The molecule has 1 saturated heterocycles. The Hall–Kier alpha value is -1.40. The van der Waals surface area contributed by atoms with Crippen LogP contribution in [0, 0.1) is 0 Å². The van der Waals surface area contributed by atoms with Crippen LogP contribution in [0.4, 0.5) is 8.78 Å². The van der Waals surface area contributed by atoms with E-state index in [1.165, 1.54) is 0 Å². The van der Waals surface area contributed by atoms with Gasteiger partial charge in [0.1, 0.15) is 0 Å². The van der Waals surface area contributed by atoms with Crippen molar-refractivity contribution in [1.29, 1.82) is 0 Å². The zero-order chi connectivity index (χ0) is 17.5. The number of ether oxygens (including phenoxy) is 2. The van der Waals surface area contributed by atoms with Gasteiger partial charge in [0.05, 0.1) is 6.61 Å². The summed E-state index contributed by atoms with van der Waals surface area (Å²) in [4.78, 5) is 4.75. The molecule has 0 N–H and O–H groups in total. The first-order valence-corrected chi connectivity index (χ1v) is 8.67. The van der Waals surface area contributed by atoms with Gasteiger partial charge in [-0.2, -0.15) is 8.78 Å². The first kappa shape index (κ1) is 18.9. The molecule has 0 bridgehead atoms. The van der Waals surface area contributed by atoms with Gasteiger partial charge in [0.15, 0.2) is 11.5 Å². The van der Waals surface area contributed by atoms with Crippen molar-refractivity contribution in [1.82, 2.24) is 9.80 Å². The van der Waals surface area contributed by atoms with Crippen molar-refractivity contribution in [2.24, 2.45) is 0 Å². The van der Waals surface area contributed by atoms with Gasteiger partial charge in [0.2, 0.25) is 0 Å². The van der Waals surface area contributed by atoms with E-state index < -0.39 is 6.61 Å². The molecular weight excluding hydrogens is 314 g/mol. The standard InChI is InChI=1S/C18H28F2N2O2/c1-4-23-16-8-5-7-15(17(16)24-18(19)20)13-21-9-6-10-22(12-11-21)14(2)3/h5,7-8,14,18H,4,6,9-13H2,1-3H3. The second kappa shape index (κ2) is 9.18. The molecule has 0 aromatic heterocycles. The molecule has 2 rings (SSSR count). The molecule has 1 aromatic carbocycles. The SMILES string of the molecule is CCOc1cccc(CN2CCCN(C(C)C)CC2)c1OC(F)F. The van der Waals surface area contributed by atoms with E-state index >= 15 is 0 Å². The monoisotopic (exact) mass is 342 g/mol. The molecule has 1 fully saturated rings. The van der Waals surface area contributed by atoms with Crippen LogP contribution >= 0.6 is 0 Å². The summed E-state index contributed by atoms with van der Waals surface area (Å²) in [7, 11) is 0. The maximum absolute atomic E-state index is 12.8. The Bertz CT molecular complexity index is 512. The maximum Gasteiger partial charge on any atom is 0.387 e. The van der Waals surface area contributed by atoms with Gasteiger partial charge in [0.25, 0.3) is 0 Å². The average Bonchev–Trinajstić information content (AvgIpc) is 2.76. The van der Waals surface area contributed by atoms with Crippen LogP contribution in [0.1, 0.15) is 32.8 Å². The predicted octanol–water partition coefficient (Wildman–Crippen LogP) is 3.60. The van der Waals surface area contributed by atoms with Crippen molar-refractivity contribution in [3.63, 3.8) is 0 Å². The molecule has 1 heterocycles. The van der Waals surface area contributed by atoms with E-state index in [1.807, 2.05) is 19.1 Å². The first-order valence-electron chi connectivity index (χ1n) is 8.67. The van der Waals surface area contributed by atoms with Crippen molar-refractivity contribution in [3.05, 3.63) is 23.8 Å². The Labute approximate surface area is 143 Å². The fraction of sp³-hybridized carbons (Fsp3) is 0.667. The highest BCUT2D eigenvalue weighted by Crippen LogP contribution is 2.33. The molecule has 0 radical (unpaired) electrons. The van der Waals surface area contributed by atoms with Crippen molar-refractivity contribution >= 4 is 0 Å². The Morgan fingerprint density at radius 2 is 1.92 bits per heavy atom. The number of halogens is 2. The lowest BCUT2D eigenvalue weighted by Crippen LogP contribution is -2.35. The smallest absolute Gasteiger partial charge is 0.387 e. The number of rotatable bonds is 7. The van der Waals surface area contributed by atoms with E-state index in [0.29, 0.717) is 24.9 Å². The molecule has 24 heavy (non-hydrogen) atoms. The summed E-state index contributed by atoms with van der Waals surface area (Å²) < 4.78 is 35.8. The number of hydrogen-bond acceptors (Lipinski definition) is 4. The molecule has 0 amide bonds. The summed E-state index contributed by atoms with van der Waals surface area (Å²) in [6.07, 6.45) is 1.08. The summed E-state index contributed by atoms with van der Waals surface area (Å²) in [5.74, 6) is 0.549. The average molecular weight is 342 g/mol. The minimum absolute atomic E-state index is 0.166. The molecule has 0 aliphatic carbocycles. The van der Waals surface area contributed by atoms with Crippen LogP contribution in [0.3, 0.4) is 0 Å². The topological polar surface area (TPSA) is 24.9 Å². The van der Waals surface area contributed by atoms with E-state index in [0.717, 1.165) is 38.2 Å². The molecule has 1 aliphatic heterocycles. The fourth-order valence-corrected chi connectivity index (χ4v) is 3.08. The van der Waals surface area contributed by atoms with E-state index in [4.69, 9.17) is 9.47 Å². The molecule has 1 aliphatic rings. The van der Waals surface area contributed by atoms with Gasteiger partial charge < -0.3 is 9.47 Å². The summed E-state index contributed by atoms with van der Waals surface area (Å²) in [5, 5.41) is 0. The lowest BCUT2D eigenvalue weighted by molar-refractivity contribution is -0.0524. The van der Waals surface area contributed by atoms with Crippen LogP contribution in [-0.4, -0.2) is 55.2 Å². The van der Waals surface area contributed by atoms with Crippen LogP contribution in [0.2, 0.25) is 0 Å². The third-order valence-corrected chi connectivity index (χ3v) is 4.31. The summed E-state index contributed by atoms with van der Waals surface area (Å²) in [5.41, 5.74) is 0.749.